The van der Waals surface area contributed by atoms with Crippen LogP contribution in [0.25, 0.3) is 0 Å². The molecule has 0 fully saturated rings. The molecule has 0 spiro atoms. The molecule has 1 aromatic carbocycles. The molecule has 30 heavy (non-hydrogen) atoms. The van der Waals surface area contributed by atoms with Crippen LogP contribution in [0.4, 0.5) is 22.0 Å². The van der Waals surface area contributed by atoms with E-state index in [1.54, 1.807) is 30.3 Å². The normalized spacial score (nSPS) is 10.5. The Morgan fingerprint density at radius 2 is 1.83 bits per heavy atom. The number of urea groups is 1. The molecular weight excluding hydrogens is 388 g/mol. The molecule has 2 aromatic rings. The molecule has 0 atom stereocenters. The first-order chi connectivity index (χ1) is 14.4. The summed E-state index contributed by atoms with van der Waals surface area (Å²) in [6.45, 7) is 4.28. The maximum absolute atomic E-state index is 12.4. The first kappa shape index (κ1) is 22.7. The molecule has 0 unspecified atom stereocenters. The summed E-state index contributed by atoms with van der Waals surface area (Å²) in [5.74, 6) is -0.603. The zero-order valence-electron chi connectivity index (χ0n) is 17.2. The van der Waals surface area contributed by atoms with Crippen LogP contribution in [0.1, 0.15) is 33.1 Å². The average Bonchev–Trinajstić information content (AvgIpc) is 2.68. The highest BCUT2D eigenvalue weighted by molar-refractivity contribution is 6.02. The highest BCUT2D eigenvalue weighted by Crippen LogP contribution is 2.17. The number of benzene rings is 1. The number of amides is 3. The molecule has 0 radical (unpaired) electrons. The summed E-state index contributed by atoms with van der Waals surface area (Å²) in [5, 5.41) is 4.79. The van der Waals surface area contributed by atoms with Crippen molar-refractivity contribution < 1.29 is 9.59 Å². The third-order valence-electron chi connectivity index (χ3n) is 4.38. The molecule has 162 valence electrons. The maximum atomic E-state index is 12.4. The van der Waals surface area contributed by atoms with Crippen molar-refractivity contribution in [2.75, 3.05) is 29.0 Å². The van der Waals surface area contributed by atoms with E-state index in [0.717, 1.165) is 6.42 Å². The van der Waals surface area contributed by atoms with E-state index >= 15 is 0 Å². The number of aromatic amines is 1. The van der Waals surface area contributed by atoms with Gasteiger partial charge in [-0.1, -0.05) is 38.5 Å². The molecule has 10 nitrogen and oxygen atoms in total. The SMILES string of the molecule is CCCCn1c(N)c(N(CCC)CC(=O)NC(=O)Nc2ccccc2)c(=O)[nH]c1=O. The van der Waals surface area contributed by atoms with Gasteiger partial charge in [0.05, 0.1) is 6.54 Å². The highest BCUT2D eigenvalue weighted by atomic mass is 16.2. The van der Waals surface area contributed by atoms with E-state index in [9.17, 15) is 19.2 Å². The van der Waals surface area contributed by atoms with Crippen molar-refractivity contribution in [2.45, 2.75) is 39.7 Å². The number of aromatic nitrogens is 2. The third kappa shape index (κ3) is 5.97. The van der Waals surface area contributed by atoms with Crippen molar-refractivity contribution in [2.24, 2.45) is 0 Å². The molecule has 1 heterocycles. The molecule has 2 rings (SSSR count). The lowest BCUT2D eigenvalue weighted by atomic mass is 10.3. The van der Waals surface area contributed by atoms with E-state index in [1.807, 2.05) is 13.8 Å². The van der Waals surface area contributed by atoms with Gasteiger partial charge in [0.15, 0.2) is 0 Å². The van der Waals surface area contributed by atoms with Gasteiger partial charge in [0.1, 0.15) is 11.5 Å². The largest absolute Gasteiger partial charge is 0.383 e. The van der Waals surface area contributed by atoms with Gasteiger partial charge in [0, 0.05) is 18.8 Å². The van der Waals surface area contributed by atoms with E-state index in [-0.39, 0.29) is 18.1 Å². The lowest BCUT2D eigenvalue weighted by Crippen LogP contribution is -2.45. The zero-order valence-corrected chi connectivity index (χ0v) is 17.2. The first-order valence-electron chi connectivity index (χ1n) is 9.90. The Balaban J connectivity index is 2.19. The fraction of sp³-hybridized carbons (Fsp3) is 0.400. The lowest BCUT2D eigenvalue weighted by molar-refractivity contribution is -0.118. The molecule has 0 saturated carbocycles. The van der Waals surface area contributed by atoms with E-state index in [0.29, 0.717) is 31.6 Å². The molecule has 10 heteroatoms. The average molecular weight is 416 g/mol. The summed E-state index contributed by atoms with van der Waals surface area (Å²) in [4.78, 5) is 52.8. The zero-order chi connectivity index (χ0) is 22.1. The van der Waals surface area contributed by atoms with Crippen LogP contribution in [0, 0.1) is 0 Å². The molecule has 0 aliphatic rings. The second-order valence-corrected chi connectivity index (χ2v) is 6.79. The summed E-state index contributed by atoms with van der Waals surface area (Å²) in [6, 6.07) is 8.00. The number of imide groups is 1. The van der Waals surface area contributed by atoms with Gasteiger partial charge in [-0.3, -0.25) is 24.5 Å². The monoisotopic (exact) mass is 416 g/mol. The van der Waals surface area contributed by atoms with E-state index < -0.39 is 23.2 Å². The number of nitrogens with zero attached hydrogens (tertiary/aromatic N) is 2. The highest BCUT2D eigenvalue weighted by Gasteiger charge is 2.21. The molecule has 0 aliphatic heterocycles. The number of carbonyl (C=O) groups is 2. The van der Waals surface area contributed by atoms with Crippen molar-refractivity contribution in [3.63, 3.8) is 0 Å². The number of para-hydroxylation sites is 1. The number of nitrogen functional groups attached to an aromatic ring is 1. The summed E-state index contributed by atoms with van der Waals surface area (Å²) < 4.78 is 1.29. The summed E-state index contributed by atoms with van der Waals surface area (Å²) >= 11 is 0. The van der Waals surface area contributed by atoms with Crippen LogP contribution in [0.15, 0.2) is 39.9 Å². The quantitative estimate of drug-likeness (QED) is 0.488. The number of anilines is 3. The topological polar surface area (TPSA) is 142 Å². The molecule has 5 N–H and O–H groups in total. The second-order valence-electron chi connectivity index (χ2n) is 6.79. The molecular formula is C20H28N6O4. The fourth-order valence-electron chi connectivity index (χ4n) is 2.98. The number of nitrogens with two attached hydrogens (primary N) is 1. The van der Waals surface area contributed by atoms with Gasteiger partial charge in [-0.25, -0.2) is 9.59 Å². The van der Waals surface area contributed by atoms with E-state index in [4.69, 9.17) is 5.73 Å². The third-order valence-corrected chi connectivity index (χ3v) is 4.38. The van der Waals surface area contributed by atoms with Crippen molar-refractivity contribution in [1.82, 2.24) is 14.9 Å². The predicted molar refractivity (Wildman–Crippen MR) is 117 cm³/mol. The minimum absolute atomic E-state index is 0.00665. The van der Waals surface area contributed by atoms with Crippen LogP contribution < -0.4 is 32.5 Å². The Morgan fingerprint density at radius 3 is 2.47 bits per heavy atom. The molecule has 0 saturated heterocycles. The molecule has 3 amide bonds. The van der Waals surface area contributed by atoms with Crippen molar-refractivity contribution in [3.05, 3.63) is 51.2 Å². The summed E-state index contributed by atoms with van der Waals surface area (Å²) in [5.41, 5.74) is 5.46. The second kappa shape index (κ2) is 10.8. The first-order valence-corrected chi connectivity index (χ1v) is 9.90. The Labute approximate surface area is 174 Å². The minimum atomic E-state index is -0.683. The molecule has 0 bridgehead atoms. The number of carbonyl (C=O) groups excluding carboxylic acids is 2. The van der Waals surface area contributed by atoms with Crippen LogP contribution >= 0.6 is 0 Å². The number of H-pyrrole nitrogens is 1. The molecule has 0 aliphatic carbocycles. The minimum Gasteiger partial charge on any atom is -0.383 e. The van der Waals surface area contributed by atoms with Crippen molar-refractivity contribution in [1.29, 1.82) is 0 Å². The summed E-state index contributed by atoms with van der Waals surface area (Å²) in [6.07, 6.45) is 2.18. The van der Waals surface area contributed by atoms with Crippen LogP contribution in [0.3, 0.4) is 0 Å². The number of hydrogen-bond acceptors (Lipinski definition) is 6. The standard InChI is InChI=1S/C20H28N6O4/c1-3-5-12-26-17(21)16(18(28)24-20(26)30)25(11-4-2)13-15(27)23-19(29)22-14-9-7-6-8-10-14/h6-10H,3-5,11-13,21H2,1-2H3,(H,24,28,30)(H2,22,23,27,29). The van der Waals surface area contributed by atoms with E-state index in [1.165, 1.54) is 9.47 Å². The maximum Gasteiger partial charge on any atom is 0.330 e. The predicted octanol–water partition coefficient (Wildman–Crippen LogP) is 1.48. The summed E-state index contributed by atoms with van der Waals surface area (Å²) in [7, 11) is 0. The Hall–Kier alpha value is -3.56. The van der Waals surface area contributed by atoms with Gasteiger partial charge in [0.2, 0.25) is 5.91 Å². The Kier molecular flexibility index (Phi) is 8.21. The Morgan fingerprint density at radius 1 is 1.13 bits per heavy atom. The lowest BCUT2D eigenvalue weighted by Gasteiger charge is -2.25. The van der Waals surface area contributed by atoms with Gasteiger partial charge in [0.25, 0.3) is 5.56 Å². The van der Waals surface area contributed by atoms with Crippen LogP contribution in [0.2, 0.25) is 0 Å². The number of hydrogen-bond donors (Lipinski definition) is 4. The van der Waals surface area contributed by atoms with Gasteiger partial charge in [-0.2, -0.15) is 0 Å². The van der Waals surface area contributed by atoms with Crippen molar-refractivity contribution in [3.8, 4) is 0 Å². The number of nitrogens with one attached hydrogen (secondary N) is 3. The number of unbranched alkanes of at least 4 members (excludes halogenated alkanes) is 1. The molecule has 1 aromatic heterocycles. The van der Waals surface area contributed by atoms with Crippen LogP contribution in [0.5, 0.6) is 0 Å². The Bertz CT molecular complexity index is 983. The van der Waals surface area contributed by atoms with Crippen LogP contribution in [-0.2, 0) is 11.3 Å². The van der Waals surface area contributed by atoms with Gasteiger partial charge < -0.3 is 16.0 Å². The van der Waals surface area contributed by atoms with Gasteiger partial charge >= 0.3 is 11.7 Å². The fourth-order valence-corrected chi connectivity index (χ4v) is 2.98. The van der Waals surface area contributed by atoms with Gasteiger partial charge in [-0.15, -0.1) is 0 Å². The van der Waals surface area contributed by atoms with E-state index in [2.05, 4.69) is 15.6 Å². The van der Waals surface area contributed by atoms with Gasteiger partial charge in [-0.05, 0) is 25.0 Å². The van der Waals surface area contributed by atoms with Crippen LogP contribution in [-0.4, -0.2) is 34.6 Å². The number of rotatable bonds is 9. The van der Waals surface area contributed by atoms with Crippen molar-refractivity contribution >= 4 is 29.1 Å². The smallest absolute Gasteiger partial charge is 0.330 e.